The number of aryl methyl sites for hydroxylation is 1. The summed E-state index contributed by atoms with van der Waals surface area (Å²) in [6.45, 7) is 6.30. The lowest BCUT2D eigenvalue weighted by Crippen LogP contribution is -2.16. The second-order valence-electron chi connectivity index (χ2n) is 3.48. The number of thioether (sulfide) groups is 1. The molecule has 0 amide bonds. The fraction of sp³-hybridized carbons (Fsp3) is 0.583. The third-order valence-electron chi connectivity index (χ3n) is 2.28. The second kappa shape index (κ2) is 7.71. The summed E-state index contributed by atoms with van der Waals surface area (Å²) in [6.07, 6.45) is 3.09. The molecule has 1 aromatic rings. The molecule has 1 rings (SSSR count). The summed E-state index contributed by atoms with van der Waals surface area (Å²) < 4.78 is 0. The number of nitrogens with zero attached hydrogens (tertiary/aromatic N) is 1. The number of pyridine rings is 1. The Morgan fingerprint density at radius 2 is 2.33 bits per heavy atom. The van der Waals surface area contributed by atoms with E-state index in [0.29, 0.717) is 0 Å². The molecule has 84 valence electrons. The van der Waals surface area contributed by atoms with Crippen molar-refractivity contribution in [3.63, 3.8) is 0 Å². The molecule has 0 radical (unpaired) electrons. The van der Waals surface area contributed by atoms with E-state index in [1.807, 2.05) is 24.0 Å². The van der Waals surface area contributed by atoms with Crippen molar-refractivity contribution in [1.82, 2.24) is 10.3 Å². The molecule has 0 atom stereocenters. The van der Waals surface area contributed by atoms with Crippen molar-refractivity contribution >= 4 is 11.8 Å². The average Bonchev–Trinajstić information content (AvgIpc) is 2.25. The van der Waals surface area contributed by atoms with Crippen molar-refractivity contribution in [3.8, 4) is 0 Å². The van der Waals surface area contributed by atoms with Gasteiger partial charge in [0.2, 0.25) is 0 Å². The zero-order chi connectivity index (χ0) is 10.9. The molecule has 0 bridgehead atoms. The Balaban J connectivity index is 2.12. The summed E-state index contributed by atoms with van der Waals surface area (Å²) in [6, 6.07) is 4.13. The summed E-state index contributed by atoms with van der Waals surface area (Å²) in [5, 5.41) is 3.45. The Morgan fingerprint density at radius 3 is 3.07 bits per heavy atom. The highest BCUT2D eigenvalue weighted by atomic mass is 32.2. The first-order valence-corrected chi connectivity index (χ1v) is 6.69. The molecule has 0 saturated heterocycles. The molecule has 0 saturated carbocycles. The van der Waals surface area contributed by atoms with Gasteiger partial charge in [0.15, 0.2) is 0 Å². The molecule has 1 N–H and O–H groups in total. The van der Waals surface area contributed by atoms with Crippen molar-refractivity contribution in [3.05, 3.63) is 29.6 Å². The van der Waals surface area contributed by atoms with Gasteiger partial charge in [-0.3, -0.25) is 4.98 Å². The number of aromatic nitrogens is 1. The van der Waals surface area contributed by atoms with Crippen LogP contribution in [-0.4, -0.2) is 23.0 Å². The molecule has 0 aromatic carbocycles. The molecule has 2 nitrogen and oxygen atoms in total. The first kappa shape index (κ1) is 12.5. The minimum atomic E-state index is 0.941. The maximum Gasteiger partial charge on any atom is 0.0417 e. The van der Waals surface area contributed by atoms with Gasteiger partial charge < -0.3 is 5.32 Å². The van der Waals surface area contributed by atoms with Gasteiger partial charge in [0.1, 0.15) is 0 Å². The Kier molecular flexibility index (Phi) is 6.44. The van der Waals surface area contributed by atoms with Crippen LogP contribution in [0.25, 0.3) is 0 Å². The van der Waals surface area contributed by atoms with Crippen LogP contribution in [0.4, 0.5) is 0 Å². The predicted molar refractivity (Wildman–Crippen MR) is 68.3 cm³/mol. The largest absolute Gasteiger partial charge is 0.313 e. The lowest BCUT2D eigenvalue weighted by Gasteiger charge is -2.06. The zero-order valence-corrected chi connectivity index (χ0v) is 10.4. The molecular formula is C12H20N2S. The van der Waals surface area contributed by atoms with Gasteiger partial charge >= 0.3 is 0 Å². The van der Waals surface area contributed by atoms with E-state index in [1.165, 1.54) is 23.5 Å². The van der Waals surface area contributed by atoms with E-state index in [1.54, 1.807) is 0 Å². The number of hydrogen-bond donors (Lipinski definition) is 1. The highest BCUT2D eigenvalue weighted by Gasteiger charge is 1.96. The van der Waals surface area contributed by atoms with E-state index >= 15 is 0 Å². The van der Waals surface area contributed by atoms with Crippen LogP contribution in [0.1, 0.15) is 24.6 Å². The van der Waals surface area contributed by atoms with E-state index in [4.69, 9.17) is 0 Å². The summed E-state index contributed by atoms with van der Waals surface area (Å²) in [5.41, 5.74) is 2.44. The lowest BCUT2D eigenvalue weighted by molar-refractivity contribution is 0.674. The van der Waals surface area contributed by atoms with Gasteiger partial charge in [-0.05, 0) is 43.0 Å². The van der Waals surface area contributed by atoms with Crippen molar-refractivity contribution < 1.29 is 0 Å². The monoisotopic (exact) mass is 224 g/mol. The molecule has 3 heteroatoms. The molecular weight excluding hydrogens is 204 g/mol. The molecule has 0 aliphatic heterocycles. The Bertz CT molecular complexity index is 276. The van der Waals surface area contributed by atoms with Crippen LogP contribution in [0.5, 0.6) is 0 Å². The molecule has 1 aromatic heterocycles. The van der Waals surface area contributed by atoms with Crippen LogP contribution < -0.4 is 5.32 Å². The number of hydrogen-bond acceptors (Lipinski definition) is 3. The van der Waals surface area contributed by atoms with Crippen LogP contribution in [-0.2, 0) is 6.54 Å². The average molecular weight is 224 g/mol. The highest BCUT2D eigenvalue weighted by molar-refractivity contribution is 7.99. The minimum Gasteiger partial charge on any atom is -0.313 e. The lowest BCUT2D eigenvalue weighted by atomic mass is 10.2. The Labute approximate surface area is 96.9 Å². The Morgan fingerprint density at radius 1 is 1.47 bits per heavy atom. The van der Waals surface area contributed by atoms with Gasteiger partial charge in [0, 0.05) is 18.4 Å². The molecule has 1 heterocycles. The van der Waals surface area contributed by atoms with Crippen molar-refractivity contribution in [2.24, 2.45) is 0 Å². The SMILES string of the molecule is CCSCCCNCc1cccnc1C. The maximum atomic E-state index is 4.26. The molecule has 15 heavy (non-hydrogen) atoms. The van der Waals surface area contributed by atoms with Crippen LogP contribution in [0.3, 0.4) is 0 Å². The fourth-order valence-electron chi connectivity index (χ4n) is 1.37. The minimum absolute atomic E-state index is 0.941. The van der Waals surface area contributed by atoms with Gasteiger partial charge in [-0.1, -0.05) is 13.0 Å². The van der Waals surface area contributed by atoms with Gasteiger partial charge in [-0.2, -0.15) is 11.8 Å². The molecule has 0 fully saturated rings. The van der Waals surface area contributed by atoms with E-state index in [9.17, 15) is 0 Å². The van der Waals surface area contributed by atoms with Crippen LogP contribution >= 0.6 is 11.8 Å². The summed E-state index contributed by atoms with van der Waals surface area (Å²) in [7, 11) is 0. The van der Waals surface area contributed by atoms with Gasteiger partial charge in [0.05, 0.1) is 0 Å². The normalized spacial score (nSPS) is 10.5. The highest BCUT2D eigenvalue weighted by Crippen LogP contribution is 2.03. The van der Waals surface area contributed by atoms with Gasteiger partial charge in [-0.25, -0.2) is 0 Å². The molecule has 0 aliphatic rings. The van der Waals surface area contributed by atoms with Crippen molar-refractivity contribution in [2.45, 2.75) is 26.8 Å². The van der Waals surface area contributed by atoms with Crippen LogP contribution in [0.2, 0.25) is 0 Å². The van der Waals surface area contributed by atoms with E-state index in [-0.39, 0.29) is 0 Å². The van der Waals surface area contributed by atoms with E-state index in [0.717, 1.165) is 18.8 Å². The number of rotatable bonds is 7. The van der Waals surface area contributed by atoms with E-state index in [2.05, 4.69) is 30.2 Å². The van der Waals surface area contributed by atoms with Gasteiger partial charge in [-0.15, -0.1) is 0 Å². The predicted octanol–water partition coefficient (Wildman–Crippen LogP) is 2.62. The third-order valence-corrected chi connectivity index (χ3v) is 3.26. The summed E-state index contributed by atoms with van der Waals surface area (Å²) in [5.74, 6) is 2.48. The fourth-order valence-corrected chi connectivity index (χ4v) is 2.01. The molecule has 0 aliphatic carbocycles. The zero-order valence-electron chi connectivity index (χ0n) is 9.62. The summed E-state index contributed by atoms with van der Waals surface area (Å²) >= 11 is 2.01. The Hall–Kier alpha value is -0.540. The summed E-state index contributed by atoms with van der Waals surface area (Å²) in [4.78, 5) is 4.26. The van der Waals surface area contributed by atoms with E-state index < -0.39 is 0 Å². The molecule has 0 unspecified atom stereocenters. The first-order valence-electron chi connectivity index (χ1n) is 5.53. The molecule has 0 spiro atoms. The maximum absolute atomic E-state index is 4.26. The van der Waals surface area contributed by atoms with Gasteiger partial charge in [0.25, 0.3) is 0 Å². The standard InChI is InChI=1S/C12H20N2S/c1-3-15-9-5-7-13-10-12-6-4-8-14-11(12)2/h4,6,8,13H,3,5,7,9-10H2,1-2H3. The van der Waals surface area contributed by atoms with Crippen molar-refractivity contribution in [1.29, 1.82) is 0 Å². The van der Waals surface area contributed by atoms with Crippen molar-refractivity contribution in [2.75, 3.05) is 18.1 Å². The topological polar surface area (TPSA) is 24.9 Å². The second-order valence-corrected chi connectivity index (χ2v) is 4.87. The smallest absolute Gasteiger partial charge is 0.0417 e. The quantitative estimate of drug-likeness (QED) is 0.721. The third kappa shape index (κ3) is 5.19. The first-order chi connectivity index (χ1) is 7.34. The van der Waals surface area contributed by atoms with Crippen LogP contribution in [0.15, 0.2) is 18.3 Å². The van der Waals surface area contributed by atoms with Crippen LogP contribution in [0, 0.1) is 6.92 Å². The number of nitrogens with one attached hydrogen (secondary N) is 1.